The molecule has 1 unspecified atom stereocenters. The zero-order chi connectivity index (χ0) is 24.0. The number of ether oxygens (including phenoxy) is 1. The maximum atomic E-state index is 12.1. The van der Waals surface area contributed by atoms with Gasteiger partial charge in [0.2, 0.25) is 0 Å². The lowest BCUT2D eigenvalue weighted by molar-refractivity contribution is -0.0533. The van der Waals surface area contributed by atoms with Crippen molar-refractivity contribution in [2.75, 3.05) is 6.61 Å². The molecule has 1 fully saturated rings. The van der Waals surface area contributed by atoms with Crippen molar-refractivity contribution in [3.8, 4) is 0 Å². The number of rotatable bonds is 15. The van der Waals surface area contributed by atoms with Crippen LogP contribution in [-0.4, -0.2) is 46.6 Å². The van der Waals surface area contributed by atoms with E-state index in [-0.39, 0.29) is 6.61 Å². The Labute approximate surface area is 194 Å². The van der Waals surface area contributed by atoms with Crippen molar-refractivity contribution in [3.63, 3.8) is 0 Å². The van der Waals surface area contributed by atoms with Gasteiger partial charge >= 0.3 is 13.9 Å². The van der Waals surface area contributed by atoms with E-state index in [0.717, 1.165) is 19.3 Å². The van der Waals surface area contributed by atoms with Gasteiger partial charge in [0.25, 0.3) is 0 Å². The van der Waals surface area contributed by atoms with Crippen LogP contribution in [0.25, 0.3) is 0 Å². The zero-order valence-corrected chi connectivity index (χ0v) is 21.4. The SMILES string of the molecule is CCCCCCCCCCCCCC[C@@H](O)[C@H]1OP(=O)(O)OC[C@@H]1NC(=O)OC(C)(C)C. The average molecular weight is 480 g/mol. The second-order valence-corrected chi connectivity index (χ2v) is 11.2. The summed E-state index contributed by atoms with van der Waals surface area (Å²) >= 11 is 0. The van der Waals surface area contributed by atoms with Crippen molar-refractivity contribution >= 4 is 13.9 Å². The number of hydrogen-bond acceptors (Lipinski definition) is 6. The molecule has 0 aromatic rings. The van der Waals surface area contributed by atoms with E-state index in [0.29, 0.717) is 6.42 Å². The molecule has 1 aliphatic rings. The Kier molecular flexibility index (Phi) is 14.0. The smallest absolute Gasteiger partial charge is 0.444 e. The highest BCUT2D eigenvalue weighted by Gasteiger charge is 2.43. The van der Waals surface area contributed by atoms with Crippen LogP contribution in [0.4, 0.5) is 4.79 Å². The number of carbonyl (C=O) groups excluding carboxylic acids is 1. The molecule has 8 nitrogen and oxygen atoms in total. The molecular weight excluding hydrogens is 433 g/mol. The number of nitrogens with one attached hydrogen (secondary N) is 1. The molecule has 0 bridgehead atoms. The van der Waals surface area contributed by atoms with Crippen molar-refractivity contribution in [1.82, 2.24) is 5.32 Å². The van der Waals surface area contributed by atoms with Gasteiger partial charge in [-0.1, -0.05) is 84.0 Å². The van der Waals surface area contributed by atoms with Crippen LogP contribution in [-0.2, 0) is 18.3 Å². The lowest BCUT2D eigenvalue weighted by Gasteiger charge is -2.36. The fourth-order valence-corrected chi connectivity index (χ4v) is 4.81. The Balaban J connectivity index is 2.28. The highest BCUT2D eigenvalue weighted by atomic mass is 31.2. The first-order chi connectivity index (χ1) is 15.0. The van der Waals surface area contributed by atoms with Crippen LogP contribution in [0, 0.1) is 0 Å². The molecular formula is C23H46NO7P. The van der Waals surface area contributed by atoms with Gasteiger partial charge in [0.1, 0.15) is 11.7 Å². The van der Waals surface area contributed by atoms with Crippen LogP contribution >= 0.6 is 7.82 Å². The van der Waals surface area contributed by atoms with Gasteiger partial charge < -0.3 is 20.1 Å². The first-order valence-corrected chi connectivity index (χ1v) is 13.9. The molecule has 0 aromatic carbocycles. The third kappa shape index (κ3) is 13.8. The molecule has 1 rings (SSSR count). The molecule has 4 atom stereocenters. The minimum absolute atomic E-state index is 0.229. The predicted octanol–water partition coefficient (Wildman–Crippen LogP) is 5.85. The number of aliphatic hydroxyl groups excluding tert-OH is 1. The Bertz CT molecular complexity index is 567. The Morgan fingerprint density at radius 1 is 1.03 bits per heavy atom. The largest absolute Gasteiger partial charge is 0.472 e. The van der Waals surface area contributed by atoms with Crippen LogP contribution < -0.4 is 5.32 Å². The molecule has 1 heterocycles. The number of aliphatic hydroxyl groups is 1. The fourth-order valence-electron chi connectivity index (χ4n) is 3.81. The van der Waals surface area contributed by atoms with E-state index in [1.807, 2.05) is 0 Å². The molecule has 1 aliphatic heterocycles. The number of phosphoric acid groups is 1. The Morgan fingerprint density at radius 3 is 2.03 bits per heavy atom. The molecule has 190 valence electrons. The second kappa shape index (κ2) is 15.3. The number of amides is 1. The first-order valence-electron chi connectivity index (χ1n) is 12.4. The predicted molar refractivity (Wildman–Crippen MR) is 126 cm³/mol. The van der Waals surface area contributed by atoms with E-state index in [1.165, 1.54) is 57.8 Å². The number of unbranched alkanes of at least 4 members (excludes halogenated alkanes) is 11. The van der Waals surface area contributed by atoms with E-state index >= 15 is 0 Å². The average Bonchev–Trinajstić information content (AvgIpc) is 2.68. The molecule has 1 saturated heterocycles. The molecule has 0 aromatic heterocycles. The minimum atomic E-state index is -4.24. The summed E-state index contributed by atoms with van der Waals surface area (Å²) in [5.41, 5.74) is -0.685. The fraction of sp³-hybridized carbons (Fsp3) is 0.957. The lowest BCUT2D eigenvalue weighted by atomic mass is 9.99. The minimum Gasteiger partial charge on any atom is -0.444 e. The van der Waals surface area contributed by atoms with Crippen LogP contribution in [0.5, 0.6) is 0 Å². The van der Waals surface area contributed by atoms with Gasteiger partial charge in [-0.25, -0.2) is 9.36 Å². The van der Waals surface area contributed by atoms with Crippen molar-refractivity contribution in [1.29, 1.82) is 0 Å². The molecule has 9 heteroatoms. The van der Waals surface area contributed by atoms with E-state index in [2.05, 4.69) is 12.2 Å². The van der Waals surface area contributed by atoms with Gasteiger partial charge in [-0.15, -0.1) is 0 Å². The van der Waals surface area contributed by atoms with Crippen molar-refractivity contribution in [3.05, 3.63) is 0 Å². The first kappa shape index (κ1) is 29.4. The molecule has 1 amide bonds. The summed E-state index contributed by atoms with van der Waals surface area (Å²) in [6.45, 7) is 7.22. The van der Waals surface area contributed by atoms with E-state index in [9.17, 15) is 19.4 Å². The van der Waals surface area contributed by atoms with Gasteiger partial charge in [-0.2, -0.15) is 0 Å². The zero-order valence-electron chi connectivity index (χ0n) is 20.5. The summed E-state index contributed by atoms with van der Waals surface area (Å²) in [5, 5.41) is 13.2. The van der Waals surface area contributed by atoms with Gasteiger partial charge in [-0.05, 0) is 27.2 Å². The number of phosphoric ester groups is 1. The highest BCUT2D eigenvalue weighted by Crippen LogP contribution is 2.49. The molecule has 3 N–H and O–H groups in total. The number of carbonyl (C=O) groups is 1. The lowest BCUT2D eigenvalue weighted by Crippen LogP contribution is -2.54. The number of hydrogen-bond donors (Lipinski definition) is 3. The third-order valence-corrected chi connectivity index (χ3v) is 6.49. The summed E-state index contributed by atoms with van der Waals surface area (Å²) in [6.07, 6.45) is 12.3. The Morgan fingerprint density at radius 2 is 1.53 bits per heavy atom. The van der Waals surface area contributed by atoms with Crippen LogP contribution in [0.1, 0.15) is 111 Å². The molecule has 0 aliphatic carbocycles. The summed E-state index contributed by atoms with van der Waals surface area (Å²) in [7, 11) is -4.24. The maximum absolute atomic E-state index is 12.1. The monoisotopic (exact) mass is 479 g/mol. The van der Waals surface area contributed by atoms with Gasteiger partial charge in [0.15, 0.2) is 0 Å². The van der Waals surface area contributed by atoms with Gasteiger partial charge in [-0.3, -0.25) is 9.05 Å². The van der Waals surface area contributed by atoms with Crippen molar-refractivity contribution in [2.24, 2.45) is 0 Å². The third-order valence-electron chi connectivity index (χ3n) is 5.50. The topological polar surface area (TPSA) is 114 Å². The van der Waals surface area contributed by atoms with Crippen molar-refractivity contribution < 1.29 is 33.1 Å². The van der Waals surface area contributed by atoms with E-state index < -0.39 is 37.8 Å². The molecule has 0 saturated carbocycles. The number of alkyl carbamates (subject to hydrolysis) is 1. The molecule has 0 radical (unpaired) electrons. The molecule has 32 heavy (non-hydrogen) atoms. The Hall–Kier alpha value is -0.660. The normalized spacial score (nSPS) is 24.8. The van der Waals surface area contributed by atoms with Gasteiger partial charge in [0.05, 0.1) is 18.8 Å². The standard InChI is InChI=1S/C23H46NO7P/c1-5-6-7-8-9-10-11-12-13-14-15-16-17-20(25)21-19(18-29-32(27,28)31-21)24-22(26)30-23(2,3)4/h19-21,25H,5-18H2,1-4H3,(H,24,26)(H,27,28)/t19-,20+,21-/m0/s1. The summed E-state index contributed by atoms with van der Waals surface area (Å²) in [6, 6.07) is -0.772. The van der Waals surface area contributed by atoms with E-state index in [1.54, 1.807) is 20.8 Å². The van der Waals surface area contributed by atoms with Crippen LogP contribution in [0.2, 0.25) is 0 Å². The summed E-state index contributed by atoms with van der Waals surface area (Å²) in [4.78, 5) is 21.7. The van der Waals surface area contributed by atoms with Crippen LogP contribution in [0.3, 0.4) is 0 Å². The molecule has 0 spiro atoms. The summed E-state index contributed by atoms with van der Waals surface area (Å²) < 4.78 is 27.0. The summed E-state index contributed by atoms with van der Waals surface area (Å²) in [5.74, 6) is 0. The quantitative estimate of drug-likeness (QED) is 0.199. The second-order valence-electron chi connectivity index (χ2n) is 9.83. The van der Waals surface area contributed by atoms with Crippen molar-refractivity contribution in [2.45, 2.75) is 135 Å². The maximum Gasteiger partial charge on any atom is 0.472 e. The highest BCUT2D eigenvalue weighted by molar-refractivity contribution is 7.47. The van der Waals surface area contributed by atoms with Gasteiger partial charge in [0, 0.05) is 0 Å². The van der Waals surface area contributed by atoms with Crippen LogP contribution in [0.15, 0.2) is 0 Å². The van der Waals surface area contributed by atoms with E-state index in [4.69, 9.17) is 13.8 Å².